The molecular formula is C23H17Cl2FN4O2. The molecule has 4 heterocycles. The van der Waals surface area contributed by atoms with Crippen molar-refractivity contribution in [3.05, 3.63) is 74.3 Å². The zero-order valence-corrected chi connectivity index (χ0v) is 18.7. The van der Waals surface area contributed by atoms with Crippen molar-refractivity contribution >= 4 is 34.2 Å². The van der Waals surface area contributed by atoms with Crippen LogP contribution in [-0.2, 0) is 6.42 Å². The van der Waals surface area contributed by atoms with Crippen molar-refractivity contribution in [2.45, 2.75) is 26.2 Å². The molecule has 0 amide bonds. The monoisotopic (exact) mass is 470 g/mol. The smallest absolute Gasteiger partial charge is 0.355 e. The first-order valence-corrected chi connectivity index (χ1v) is 10.8. The number of halogens is 3. The molecule has 0 radical (unpaired) electrons. The molecule has 0 aliphatic carbocycles. The maximum atomic E-state index is 15.0. The summed E-state index contributed by atoms with van der Waals surface area (Å²) in [6, 6.07) is 7.92. The third-order valence-electron chi connectivity index (χ3n) is 5.42. The summed E-state index contributed by atoms with van der Waals surface area (Å²) in [5, 5.41) is 0.511. The van der Waals surface area contributed by atoms with Gasteiger partial charge in [0.2, 0.25) is 0 Å². The van der Waals surface area contributed by atoms with E-state index >= 15 is 0 Å². The van der Waals surface area contributed by atoms with Gasteiger partial charge in [-0.05, 0) is 35.7 Å². The van der Waals surface area contributed by atoms with E-state index in [9.17, 15) is 9.18 Å². The molecule has 0 saturated carbocycles. The first-order chi connectivity index (χ1) is 15.4. The number of pyridine rings is 2. The zero-order valence-electron chi connectivity index (χ0n) is 17.2. The van der Waals surface area contributed by atoms with Crippen LogP contribution in [0.4, 0.5) is 4.39 Å². The average Bonchev–Trinajstić information content (AvgIpc) is 2.77. The summed E-state index contributed by atoms with van der Waals surface area (Å²) < 4.78 is 22.3. The number of nitrogens with zero attached hydrogens (tertiary/aromatic N) is 4. The SMILES string of the molecule is CC(C)c1nccc2c1-n1c(=O)nc(Cl)c3cc(Cl)c(nc31)-c1c(F)cccc1OCC2. The third-order valence-corrected chi connectivity index (χ3v) is 6.00. The minimum atomic E-state index is -0.603. The number of fused-ring (bicyclic) bond motifs is 5. The molecule has 0 atom stereocenters. The molecular weight excluding hydrogens is 454 g/mol. The lowest BCUT2D eigenvalue weighted by Gasteiger charge is -2.19. The van der Waals surface area contributed by atoms with Gasteiger partial charge in [0.15, 0.2) is 5.65 Å². The van der Waals surface area contributed by atoms with E-state index in [-0.39, 0.29) is 39.6 Å². The highest BCUT2D eigenvalue weighted by Crippen LogP contribution is 2.39. The van der Waals surface area contributed by atoms with Crippen LogP contribution in [0.5, 0.6) is 5.75 Å². The Morgan fingerprint density at radius 1 is 1.19 bits per heavy atom. The second-order valence-corrected chi connectivity index (χ2v) is 8.55. The van der Waals surface area contributed by atoms with Crippen LogP contribution in [0.3, 0.4) is 0 Å². The molecule has 1 aliphatic rings. The van der Waals surface area contributed by atoms with Gasteiger partial charge in [-0.3, -0.25) is 4.98 Å². The fourth-order valence-corrected chi connectivity index (χ4v) is 4.44. The fraction of sp³-hybridized carbons (Fsp3) is 0.217. The lowest BCUT2D eigenvalue weighted by molar-refractivity contribution is 0.321. The molecule has 32 heavy (non-hydrogen) atoms. The molecule has 4 aromatic rings. The van der Waals surface area contributed by atoms with Crippen molar-refractivity contribution in [2.24, 2.45) is 0 Å². The van der Waals surface area contributed by atoms with Crippen LogP contribution >= 0.6 is 23.2 Å². The number of ether oxygens (including phenoxy) is 1. The van der Waals surface area contributed by atoms with E-state index in [0.717, 1.165) is 5.56 Å². The number of hydrogen-bond acceptors (Lipinski definition) is 5. The first-order valence-electron chi connectivity index (χ1n) is 10.1. The Kier molecular flexibility index (Phi) is 5.10. The minimum Gasteiger partial charge on any atom is -0.492 e. The molecule has 6 nitrogen and oxygen atoms in total. The zero-order chi connectivity index (χ0) is 22.6. The summed E-state index contributed by atoms with van der Waals surface area (Å²) >= 11 is 12.8. The molecule has 9 heteroatoms. The van der Waals surface area contributed by atoms with Gasteiger partial charge in [0.1, 0.15) is 16.7 Å². The Morgan fingerprint density at radius 2 is 2.00 bits per heavy atom. The maximum absolute atomic E-state index is 15.0. The van der Waals surface area contributed by atoms with Crippen LogP contribution in [0.1, 0.15) is 31.0 Å². The molecule has 5 rings (SSSR count). The van der Waals surface area contributed by atoms with Gasteiger partial charge in [-0.2, -0.15) is 4.98 Å². The normalized spacial score (nSPS) is 12.9. The molecule has 0 saturated heterocycles. The van der Waals surface area contributed by atoms with Gasteiger partial charge in [-0.1, -0.05) is 43.1 Å². The molecule has 3 aromatic heterocycles. The number of hydrogen-bond donors (Lipinski definition) is 0. The predicted octanol–water partition coefficient (Wildman–Crippen LogP) is 5.35. The summed E-state index contributed by atoms with van der Waals surface area (Å²) in [6.07, 6.45) is 2.15. The van der Waals surface area contributed by atoms with Crippen molar-refractivity contribution in [1.82, 2.24) is 19.5 Å². The molecule has 162 valence electrons. The van der Waals surface area contributed by atoms with E-state index in [0.29, 0.717) is 28.9 Å². The highest BCUT2D eigenvalue weighted by atomic mass is 35.5. The van der Waals surface area contributed by atoms with Crippen molar-refractivity contribution in [2.75, 3.05) is 6.61 Å². The standard InChI is InChI=1S/C23H17Cl2FN4O2/c1-11(2)18-20-12(6-8-27-18)7-9-32-16-5-3-4-15(26)17(16)19-14(24)10-13-21(25)29-23(31)30(20)22(13)28-19/h3-6,8,10-11H,7,9H2,1-2H3. The minimum absolute atomic E-state index is 0.00929. The van der Waals surface area contributed by atoms with Crippen LogP contribution in [0.2, 0.25) is 10.2 Å². The van der Waals surface area contributed by atoms with Gasteiger partial charge < -0.3 is 4.74 Å². The quantitative estimate of drug-likeness (QED) is 0.350. The second kappa shape index (κ2) is 7.83. The van der Waals surface area contributed by atoms with E-state index in [4.69, 9.17) is 27.9 Å². The lowest BCUT2D eigenvalue weighted by Crippen LogP contribution is -2.26. The van der Waals surface area contributed by atoms with Crippen molar-refractivity contribution in [3.63, 3.8) is 0 Å². The Balaban J connectivity index is 2.00. The lowest BCUT2D eigenvalue weighted by atomic mass is 10.0. The van der Waals surface area contributed by atoms with Crippen LogP contribution in [0.25, 0.3) is 28.0 Å². The molecule has 0 N–H and O–H groups in total. The van der Waals surface area contributed by atoms with E-state index in [1.807, 2.05) is 19.9 Å². The molecule has 0 fully saturated rings. The second-order valence-electron chi connectivity index (χ2n) is 7.78. The van der Waals surface area contributed by atoms with Crippen molar-refractivity contribution < 1.29 is 9.13 Å². The Labute approximate surface area is 192 Å². The summed E-state index contributed by atoms with van der Waals surface area (Å²) in [6.45, 7) is 4.22. The Bertz CT molecular complexity index is 1450. The number of rotatable bonds is 1. The predicted molar refractivity (Wildman–Crippen MR) is 122 cm³/mol. The van der Waals surface area contributed by atoms with E-state index < -0.39 is 11.5 Å². The number of benzene rings is 1. The van der Waals surface area contributed by atoms with Gasteiger partial charge in [-0.15, -0.1) is 0 Å². The van der Waals surface area contributed by atoms with Crippen LogP contribution in [-0.4, -0.2) is 26.1 Å². The average molecular weight is 471 g/mol. The molecule has 2 bridgehead atoms. The molecule has 1 aliphatic heterocycles. The Hall–Kier alpha value is -3.03. The summed E-state index contributed by atoms with van der Waals surface area (Å²) in [4.78, 5) is 26.3. The summed E-state index contributed by atoms with van der Waals surface area (Å²) in [7, 11) is 0. The topological polar surface area (TPSA) is 69.9 Å². The van der Waals surface area contributed by atoms with Gasteiger partial charge in [0.25, 0.3) is 0 Å². The molecule has 0 spiro atoms. The van der Waals surface area contributed by atoms with Crippen molar-refractivity contribution in [3.8, 4) is 22.7 Å². The third kappa shape index (κ3) is 3.24. The fourth-order valence-electron chi connectivity index (χ4n) is 3.98. The van der Waals surface area contributed by atoms with Crippen molar-refractivity contribution in [1.29, 1.82) is 0 Å². The van der Waals surface area contributed by atoms with Gasteiger partial charge in [-0.25, -0.2) is 18.7 Å². The van der Waals surface area contributed by atoms with Crippen LogP contribution in [0, 0.1) is 5.82 Å². The van der Waals surface area contributed by atoms with E-state index in [1.54, 1.807) is 24.4 Å². The van der Waals surface area contributed by atoms with Gasteiger partial charge >= 0.3 is 5.69 Å². The van der Waals surface area contributed by atoms with Crippen LogP contribution < -0.4 is 10.4 Å². The molecule has 1 aromatic carbocycles. The Morgan fingerprint density at radius 3 is 2.78 bits per heavy atom. The highest BCUT2D eigenvalue weighted by Gasteiger charge is 2.25. The maximum Gasteiger partial charge on any atom is 0.355 e. The number of aromatic nitrogens is 4. The summed E-state index contributed by atoms with van der Waals surface area (Å²) in [5.41, 5.74) is 2.01. The van der Waals surface area contributed by atoms with E-state index in [2.05, 4.69) is 15.0 Å². The largest absolute Gasteiger partial charge is 0.492 e. The van der Waals surface area contributed by atoms with Gasteiger partial charge in [0, 0.05) is 12.6 Å². The molecule has 0 unspecified atom stereocenters. The van der Waals surface area contributed by atoms with E-state index in [1.165, 1.54) is 10.6 Å². The summed E-state index contributed by atoms with van der Waals surface area (Å²) in [5.74, 6) is -0.212. The first kappa shape index (κ1) is 20.8. The van der Waals surface area contributed by atoms with Gasteiger partial charge in [0.05, 0.1) is 39.7 Å². The highest BCUT2D eigenvalue weighted by molar-refractivity contribution is 6.36. The van der Waals surface area contributed by atoms with Crippen LogP contribution in [0.15, 0.2) is 41.3 Å².